The lowest BCUT2D eigenvalue weighted by Gasteiger charge is -2.34. The third-order valence-corrected chi connectivity index (χ3v) is 7.66. The first-order valence-electron chi connectivity index (χ1n) is 14.3. The Balaban J connectivity index is 1.60. The van der Waals surface area contributed by atoms with E-state index in [0.717, 1.165) is 24.0 Å². The van der Waals surface area contributed by atoms with Crippen molar-refractivity contribution in [1.29, 1.82) is 0 Å². The minimum atomic E-state index is -0.992. The number of methoxy groups -OCH3 is 2. The summed E-state index contributed by atoms with van der Waals surface area (Å²) >= 11 is 0. The molecule has 4 rings (SSSR count). The largest absolute Gasteiger partial charge is 0.493 e. The fourth-order valence-electron chi connectivity index (χ4n) is 5.39. The summed E-state index contributed by atoms with van der Waals surface area (Å²) in [6.07, 6.45) is 4.16. The van der Waals surface area contributed by atoms with Gasteiger partial charge in [0.2, 0.25) is 5.91 Å². The van der Waals surface area contributed by atoms with Crippen molar-refractivity contribution in [2.75, 3.05) is 34.0 Å². The molecule has 4 bridgehead atoms. The van der Waals surface area contributed by atoms with Crippen LogP contribution in [0.3, 0.4) is 0 Å². The molecule has 1 aromatic carbocycles. The molecule has 1 unspecified atom stereocenters. The van der Waals surface area contributed by atoms with Gasteiger partial charge in [0.1, 0.15) is 24.8 Å². The summed E-state index contributed by atoms with van der Waals surface area (Å²) in [5.74, 6) is 0.0384. The van der Waals surface area contributed by atoms with E-state index in [1.807, 2.05) is 45.1 Å². The molecule has 3 heterocycles. The van der Waals surface area contributed by atoms with Crippen molar-refractivity contribution in [1.82, 2.24) is 15.1 Å². The van der Waals surface area contributed by atoms with Crippen LogP contribution in [0.2, 0.25) is 0 Å². The predicted molar refractivity (Wildman–Crippen MR) is 151 cm³/mol. The first-order chi connectivity index (χ1) is 20.0. The van der Waals surface area contributed by atoms with E-state index in [2.05, 4.69) is 5.32 Å². The van der Waals surface area contributed by atoms with E-state index in [-0.39, 0.29) is 26.1 Å². The Kier molecular flexibility index (Phi) is 9.85. The van der Waals surface area contributed by atoms with E-state index in [1.165, 1.54) is 12.0 Å². The van der Waals surface area contributed by atoms with Crippen LogP contribution < -0.4 is 14.8 Å². The van der Waals surface area contributed by atoms with Gasteiger partial charge in [-0.25, -0.2) is 14.4 Å². The minimum Gasteiger partial charge on any atom is -0.493 e. The number of hydrogen-bond donors (Lipinski definition) is 1. The number of esters is 1. The molecule has 3 aliphatic heterocycles. The minimum absolute atomic E-state index is 0.0248. The molecular weight excluding hydrogens is 546 g/mol. The summed E-state index contributed by atoms with van der Waals surface area (Å²) in [6, 6.07) is 1.75. The maximum atomic E-state index is 13.8. The second-order valence-electron chi connectivity index (χ2n) is 11.7. The highest BCUT2D eigenvalue weighted by Gasteiger charge is 2.47. The number of hydrogen-bond acceptors (Lipinski definition) is 9. The second kappa shape index (κ2) is 13.3. The number of carbonyl (C=O) groups excluding carboxylic acids is 4. The van der Waals surface area contributed by atoms with Gasteiger partial charge in [0, 0.05) is 18.5 Å². The zero-order valence-electron chi connectivity index (χ0n) is 25.0. The maximum absolute atomic E-state index is 13.8. The zero-order chi connectivity index (χ0) is 30.4. The van der Waals surface area contributed by atoms with Crippen molar-refractivity contribution in [2.24, 2.45) is 5.41 Å². The number of ether oxygens (including phenoxy) is 5. The third-order valence-electron chi connectivity index (χ3n) is 7.66. The van der Waals surface area contributed by atoms with Gasteiger partial charge in [0.15, 0.2) is 11.5 Å². The van der Waals surface area contributed by atoms with Gasteiger partial charge in [-0.15, -0.1) is 0 Å². The van der Waals surface area contributed by atoms with Gasteiger partial charge in [0.05, 0.1) is 33.9 Å². The summed E-state index contributed by atoms with van der Waals surface area (Å²) in [5.41, 5.74) is 1.06. The second-order valence-corrected chi connectivity index (χ2v) is 11.7. The third kappa shape index (κ3) is 7.08. The van der Waals surface area contributed by atoms with E-state index in [9.17, 15) is 19.2 Å². The summed E-state index contributed by atoms with van der Waals surface area (Å²) in [5, 5.41) is 2.69. The van der Waals surface area contributed by atoms with Crippen molar-refractivity contribution in [2.45, 2.75) is 77.7 Å². The van der Waals surface area contributed by atoms with Crippen LogP contribution in [-0.4, -0.2) is 86.0 Å². The van der Waals surface area contributed by atoms with Gasteiger partial charge in [-0.05, 0) is 36.3 Å². The number of amides is 3. The Morgan fingerprint density at radius 3 is 2.55 bits per heavy atom. The van der Waals surface area contributed by atoms with Crippen LogP contribution in [0.5, 0.6) is 11.5 Å². The van der Waals surface area contributed by atoms with Gasteiger partial charge in [0.25, 0.3) is 0 Å². The Labute approximate surface area is 246 Å². The number of cyclic esters (lactones) is 1. The zero-order valence-corrected chi connectivity index (χ0v) is 25.0. The molecule has 3 aliphatic rings. The standard InChI is InChI=1S/C30H41N3O9/c1-30(2,3)25-26(34)33-17-20(15-22(33)27(35)39-5)42-29(37)32-16-19-11-12-23(38-4)24(21(19)18-32)40-13-9-7-6-8-10-14-41-28(36)31-25/h7,9,11-12,20,22,25H,6,8,10,13-18H2,1-5H3,(H,31,36)/t20-,22?,25-/m1/s1. The average Bonchev–Trinajstić information content (AvgIpc) is 3.58. The van der Waals surface area contributed by atoms with E-state index in [4.69, 9.17) is 23.7 Å². The first kappa shape index (κ1) is 31.0. The van der Waals surface area contributed by atoms with Crippen molar-refractivity contribution in [3.8, 4) is 11.5 Å². The van der Waals surface area contributed by atoms with E-state index >= 15 is 0 Å². The van der Waals surface area contributed by atoms with Gasteiger partial charge in [-0.1, -0.05) is 39.0 Å². The van der Waals surface area contributed by atoms with Crippen LogP contribution in [0.25, 0.3) is 0 Å². The maximum Gasteiger partial charge on any atom is 0.410 e. The fourth-order valence-corrected chi connectivity index (χ4v) is 5.39. The Morgan fingerprint density at radius 1 is 1.05 bits per heavy atom. The summed E-state index contributed by atoms with van der Waals surface area (Å²) < 4.78 is 27.7. The highest BCUT2D eigenvalue weighted by atomic mass is 16.6. The molecule has 1 saturated heterocycles. The quantitative estimate of drug-likeness (QED) is 0.313. The Hall–Kier alpha value is -3.96. The molecule has 0 saturated carbocycles. The summed E-state index contributed by atoms with van der Waals surface area (Å²) in [6.45, 7) is 6.50. The summed E-state index contributed by atoms with van der Waals surface area (Å²) in [4.78, 5) is 55.3. The number of alkyl carbamates (subject to hydrolysis) is 1. The SMILES string of the molecule is COC(=O)C1C[C@@H]2CN1C(=O)[C@H](C(C)(C)C)NC(=O)OCCCCC=CCOc1c(OC)ccc3c1CN(C3)C(=O)O2. The lowest BCUT2D eigenvalue weighted by Crippen LogP contribution is -2.57. The molecule has 1 aromatic rings. The molecule has 12 heteroatoms. The molecule has 0 aromatic heterocycles. The molecule has 0 aliphatic carbocycles. The van der Waals surface area contributed by atoms with Crippen molar-refractivity contribution >= 4 is 24.1 Å². The van der Waals surface area contributed by atoms with Gasteiger partial charge >= 0.3 is 18.2 Å². The normalized spacial score (nSPS) is 24.0. The van der Waals surface area contributed by atoms with Gasteiger partial charge in [-0.2, -0.15) is 0 Å². The van der Waals surface area contributed by atoms with Crippen molar-refractivity contribution in [3.63, 3.8) is 0 Å². The number of benzene rings is 1. The molecule has 42 heavy (non-hydrogen) atoms. The Bertz CT molecular complexity index is 1210. The highest BCUT2D eigenvalue weighted by molar-refractivity contribution is 5.91. The monoisotopic (exact) mass is 587 g/mol. The van der Waals surface area contributed by atoms with Gasteiger partial charge < -0.3 is 33.9 Å². The van der Waals surface area contributed by atoms with Crippen LogP contribution in [-0.2, 0) is 36.9 Å². The molecule has 12 nitrogen and oxygen atoms in total. The fraction of sp³-hybridized carbons (Fsp3) is 0.600. The van der Waals surface area contributed by atoms with Gasteiger partial charge in [-0.3, -0.25) is 9.69 Å². The average molecular weight is 588 g/mol. The number of nitrogens with zero attached hydrogens (tertiary/aromatic N) is 2. The van der Waals surface area contributed by atoms with Crippen LogP contribution in [0.1, 0.15) is 57.6 Å². The van der Waals surface area contributed by atoms with Crippen LogP contribution in [0.4, 0.5) is 9.59 Å². The van der Waals surface area contributed by atoms with Crippen molar-refractivity contribution < 1.29 is 42.9 Å². The highest BCUT2D eigenvalue weighted by Crippen LogP contribution is 2.39. The number of allylic oxidation sites excluding steroid dienone is 1. The van der Waals surface area contributed by atoms with E-state index in [0.29, 0.717) is 31.1 Å². The topological polar surface area (TPSA) is 133 Å². The summed E-state index contributed by atoms with van der Waals surface area (Å²) in [7, 11) is 2.81. The lowest BCUT2D eigenvalue weighted by atomic mass is 9.85. The molecule has 1 fully saturated rings. The van der Waals surface area contributed by atoms with Crippen LogP contribution in [0, 0.1) is 5.41 Å². The lowest BCUT2D eigenvalue weighted by molar-refractivity contribution is -0.152. The molecule has 3 amide bonds. The molecule has 3 atom stereocenters. The first-order valence-corrected chi connectivity index (χ1v) is 14.3. The number of nitrogens with one attached hydrogen (secondary N) is 1. The van der Waals surface area contributed by atoms with Crippen LogP contribution >= 0.6 is 0 Å². The number of rotatable bonds is 2. The van der Waals surface area contributed by atoms with E-state index < -0.39 is 47.7 Å². The molecule has 1 N–H and O–H groups in total. The molecule has 0 spiro atoms. The smallest absolute Gasteiger partial charge is 0.410 e. The predicted octanol–water partition coefficient (Wildman–Crippen LogP) is 3.55. The van der Waals surface area contributed by atoms with Crippen molar-refractivity contribution in [3.05, 3.63) is 35.4 Å². The van der Waals surface area contributed by atoms with E-state index in [1.54, 1.807) is 12.0 Å². The number of carbonyl (C=O) groups is 4. The molecule has 230 valence electrons. The van der Waals surface area contributed by atoms with Crippen LogP contribution in [0.15, 0.2) is 24.3 Å². The molecular formula is C30H41N3O9. The number of fused-ring (bicyclic) bond motifs is 3. The molecule has 0 radical (unpaired) electrons. The Morgan fingerprint density at radius 2 is 1.83 bits per heavy atom.